The Morgan fingerprint density at radius 1 is 0.971 bits per heavy atom. The molecule has 0 saturated carbocycles. The zero-order chi connectivity index (χ0) is 21.5. The number of aromatic nitrogens is 3. The smallest absolute Gasteiger partial charge is 0.250 e. The second kappa shape index (κ2) is 14.6. The lowest BCUT2D eigenvalue weighted by Crippen LogP contribution is -2.26. The van der Waals surface area contributed by atoms with Crippen molar-refractivity contribution in [3.8, 4) is 5.75 Å². The lowest BCUT2D eigenvalue weighted by molar-refractivity contribution is 0.303. The molecule has 0 saturated heterocycles. The number of benzene rings is 1. The Bertz CT molecular complexity index is 1190. The molecule has 0 spiro atoms. The summed E-state index contributed by atoms with van der Waals surface area (Å²) < 4.78 is 7.60. The van der Waals surface area contributed by atoms with Crippen LogP contribution in [0.5, 0.6) is 5.75 Å². The van der Waals surface area contributed by atoms with Crippen molar-refractivity contribution in [2.75, 3.05) is 13.2 Å². The van der Waals surface area contributed by atoms with Crippen molar-refractivity contribution in [2.45, 2.75) is 18.9 Å². The fourth-order valence-corrected chi connectivity index (χ4v) is 3.69. The van der Waals surface area contributed by atoms with Crippen molar-refractivity contribution in [2.24, 2.45) is 7.05 Å². The first-order chi connectivity index (χ1) is 15.2. The minimum absolute atomic E-state index is 0. The van der Waals surface area contributed by atoms with Crippen molar-refractivity contribution in [1.82, 2.24) is 19.9 Å². The van der Waals surface area contributed by atoms with E-state index in [1.165, 1.54) is 11.1 Å². The van der Waals surface area contributed by atoms with Gasteiger partial charge in [-0.25, -0.2) is 0 Å². The second-order valence-electron chi connectivity index (χ2n) is 7.49. The fourth-order valence-electron chi connectivity index (χ4n) is 3.69. The van der Waals surface area contributed by atoms with Crippen LogP contribution in [0.4, 0.5) is 0 Å². The summed E-state index contributed by atoms with van der Waals surface area (Å²) in [6.07, 6.45) is 9.27. The summed E-state index contributed by atoms with van der Waals surface area (Å²) in [5.41, 5.74) is 3.32. The molecule has 34 heavy (non-hydrogen) atoms. The molecule has 1 unspecified atom stereocenters. The van der Waals surface area contributed by atoms with E-state index >= 15 is 0 Å². The molecule has 1 aromatic carbocycles. The van der Waals surface area contributed by atoms with Gasteiger partial charge in [-0.3, -0.25) is 14.8 Å². The normalized spacial score (nSPS) is 11.0. The summed E-state index contributed by atoms with van der Waals surface area (Å²) in [5.74, 6) is 0.795. The van der Waals surface area contributed by atoms with Crippen molar-refractivity contribution in [3.63, 3.8) is 0 Å². The lowest BCUT2D eigenvalue weighted by Gasteiger charge is -2.19. The predicted octanol–water partition coefficient (Wildman–Crippen LogP) is 4.94. The number of fused-ring (bicyclic) bond motifs is 1. The van der Waals surface area contributed by atoms with Gasteiger partial charge in [-0.1, -0.05) is 6.07 Å². The molecule has 4 aromatic rings. The van der Waals surface area contributed by atoms with Crippen molar-refractivity contribution >= 4 is 48.1 Å². The van der Waals surface area contributed by atoms with E-state index in [1.54, 1.807) is 23.9 Å². The Labute approximate surface area is 218 Å². The Hall–Kier alpha value is -2.64. The number of nitrogens with one attached hydrogen (secondary N) is 1. The number of halogens is 3. The van der Waals surface area contributed by atoms with Crippen molar-refractivity contribution in [1.29, 1.82) is 0 Å². The van der Waals surface area contributed by atoms with E-state index in [1.807, 2.05) is 48.9 Å². The van der Waals surface area contributed by atoms with Gasteiger partial charge in [0.15, 0.2) is 0 Å². The Morgan fingerprint density at radius 2 is 1.76 bits per heavy atom. The first-order valence-electron chi connectivity index (χ1n) is 10.5. The van der Waals surface area contributed by atoms with Crippen LogP contribution in [-0.2, 0) is 13.5 Å². The van der Waals surface area contributed by atoms with Crippen molar-refractivity contribution in [3.05, 3.63) is 101 Å². The topological polar surface area (TPSA) is 69.0 Å². The van der Waals surface area contributed by atoms with Gasteiger partial charge >= 0.3 is 0 Å². The monoisotopic (exact) mass is 522 g/mol. The SMILES string of the molecule is Cl.Cl.Cl.Cn1c(=O)ccc2cc(OCCNC(CCc3cccnc3)c3ccncc3)ccc21. The number of hydrogen-bond donors (Lipinski definition) is 1. The third-order valence-corrected chi connectivity index (χ3v) is 5.41. The second-order valence-corrected chi connectivity index (χ2v) is 7.49. The number of ether oxygens (including phenoxy) is 1. The average molecular weight is 524 g/mol. The number of rotatable bonds is 9. The van der Waals surface area contributed by atoms with E-state index in [0.29, 0.717) is 13.2 Å². The van der Waals surface area contributed by atoms with Crippen LogP contribution in [0, 0.1) is 0 Å². The van der Waals surface area contributed by atoms with E-state index in [2.05, 4.69) is 33.5 Å². The van der Waals surface area contributed by atoms with E-state index in [0.717, 1.165) is 29.5 Å². The van der Waals surface area contributed by atoms with Gasteiger partial charge in [0.05, 0.1) is 5.52 Å². The molecule has 0 aliphatic carbocycles. The average Bonchev–Trinajstić information content (AvgIpc) is 2.82. The summed E-state index contributed by atoms with van der Waals surface area (Å²) in [6, 6.07) is 17.6. The van der Waals surface area contributed by atoms with Gasteiger partial charge < -0.3 is 14.6 Å². The van der Waals surface area contributed by atoms with E-state index in [-0.39, 0.29) is 48.8 Å². The van der Waals surface area contributed by atoms with E-state index in [4.69, 9.17) is 4.74 Å². The van der Waals surface area contributed by atoms with Gasteiger partial charge in [0.2, 0.25) is 0 Å². The molecule has 0 bridgehead atoms. The Balaban J connectivity index is 0.00000193. The number of pyridine rings is 3. The molecule has 3 heterocycles. The quantitative estimate of drug-likeness (QED) is 0.315. The lowest BCUT2D eigenvalue weighted by atomic mass is 10.0. The van der Waals surface area contributed by atoms with Crippen LogP contribution in [0.25, 0.3) is 10.9 Å². The molecule has 4 rings (SSSR count). The van der Waals surface area contributed by atoms with Crippen LogP contribution in [0.15, 0.2) is 84.2 Å². The molecular formula is C25H29Cl3N4O2. The van der Waals surface area contributed by atoms with Crippen LogP contribution in [0.1, 0.15) is 23.6 Å². The fraction of sp³-hybridized carbons (Fsp3) is 0.240. The molecule has 0 aliphatic heterocycles. The number of hydrogen-bond acceptors (Lipinski definition) is 5. The molecule has 3 aromatic heterocycles. The van der Waals surface area contributed by atoms with Crippen LogP contribution >= 0.6 is 37.2 Å². The summed E-state index contributed by atoms with van der Waals surface area (Å²) in [4.78, 5) is 20.1. The highest BCUT2D eigenvalue weighted by Crippen LogP contribution is 2.20. The minimum atomic E-state index is -0.0150. The predicted molar refractivity (Wildman–Crippen MR) is 144 cm³/mol. The summed E-state index contributed by atoms with van der Waals surface area (Å²) >= 11 is 0. The Morgan fingerprint density at radius 3 is 2.50 bits per heavy atom. The Kier molecular flexibility index (Phi) is 12.6. The third-order valence-electron chi connectivity index (χ3n) is 5.41. The molecule has 0 fully saturated rings. The van der Waals surface area contributed by atoms with Gasteiger partial charge in [-0.05, 0) is 66.4 Å². The maximum absolute atomic E-state index is 11.8. The van der Waals surface area contributed by atoms with Crippen LogP contribution < -0.4 is 15.6 Å². The summed E-state index contributed by atoms with van der Waals surface area (Å²) in [7, 11) is 1.78. The van der Waals surface area contributed by atoms with Crippen LogP contribution in [-0.4, -0.2) is 27.7 Å². The highest BCUT2D eigenvalue weighted by Gasteiger charge is 2.11. The highest BCUT2D eigenvalue weighted by atomic mass is 35.5. The summed E-state index contributed by atoms with van der Waals surface area (Å²) in [6.45, 7) is 1.26. The molecule has 182 valence electrons. The first kappa shape index (κ1) is 29.4. The van der Waals surface area contributed by atoms with Crippen molar-refractivity contribution < 1.29 is 4.74 Å². The summed E-state index contributed by atoms with van der Waals surface area (Å²) in [5, 5.41) is 4.60. The third kappa shape index (κ3) is 7.71. The molecular weight excluding hydrogens is 495 g/mol. The zero-order valence-electron chi connectivity index (χ0n) is 18.8. The largest absolute Gasteiger partial charge is 0.492 e. The molecule has 1 atom stereocenters. The van der Waals surface area contributed by atoms with E-state index in [9.17, 15) is 4.79 Å². The van der Waals surface area contributed by atoms with Crippen LogP contribution in [0.2, 0.25) is 0 Å². The molecule has 0 aliphatic rings. The van der Waals surface area contributed by atoms with Gasteiger partial charge in [0.25, 0.3) is 5.56 Å². The van der Waals surface area contributed by atoms with Gasteiger partial charge in [0, 0.05) is 55.9 Å². The number of nitrogens with zero attached hydrogens (tertiary/aromatic N) is 3. The molecule has 0 radical (unpaired) electrons. The maximum Gasteiger partial charge on any atom is 0.250 e. The maximum atomic E-state index is 11.8. The van der Waals surface area contributed by atoms with Gasteiger partial charge in [0.1, 0.15) is 12.4 Å². The standard InChI is InChI=1S/C25H26N4O2.3ClH/c1-29-24-8-6-22(17-21(24)5-9-25(29)30)31-16-15-28-23(20-10-13-26-14-11-20)7-4-19-3-2-12-27-18-19;;;/h2-3,5-6,8-14,17-18,23,28H,4,7,15-16H2,1H3;3*1H. The molecule has 1 N–H and O–H groups in total. The van der Waals surface area contributed by atoms with Crippen LogP contribution in [0.3, 0.4) is 0 Å². The highest BCUT2D eigenvalue weighted by molar-refractivity contribution is 5.86. The molecule has 0 amide bonds. The number of aryl methyl sites for hydroxylation is 2. The molecule has 6 nitrogen and oxygen atoms in total. The molecule has 9 heteroatoms. The van der Waals surface area contributed by atoms with Gasteiger partial charge in [-0.15, -0.1) is 37.2 Å². The van der Waals surface area contributed by atoms with E-state index < -0.39 is 0 Å². The zero-order valence-corrected chi connectivity index (χ0v) is 21.2. The minimum Gasteiger partial charge on any atom is -0.492 e. The van der Waals surface area contributed by atoms with Gasteiger partial charge in [-0.2, -0.15) is 0 Å². The first-order valence-corrected chi connectivity index (χ1v) is 10.5.